The van der Waals surface area contributed by atoms with E-state index >= 15 is 0 Å². The average molecular weight is 632 g/mol. The fourth-order valence-electron chi connectivity index (χ4n) is 7.54. The number of carboxylic acid groups (broad SMARTS) is 1. The topological polar surface area (TPSA) is 132 Å². The summed E-state index contributed by atoms with van der Waals surface area (Å²) < 4.78 is 0.942. The van der Waals surface area contributed by atoms with E-state index in [1.165, 1.54) is 0 Å². The van der Waals surface area contributed by atoms with Crippen LogP contribution in [0.1, 0.15) is 56.3 Å². The van der Waals surface area contributed by atoms with Crippen LogP contribution in [0.5, 0.6) is 0 Å². The zero-order chi connectivity index (χ0) is 26.5. The van der Waals surface area contributed by atoms with Gasteiger partial charge in [-0.15, -0.1) is 0 Å². The summed E-state index contributed by atoms with van der Waals surface area (Å²) in [7, 11) is 0. The van der Waals surface area contributed by atoms with E-state index in [1.54, 1.807) is 30.4 Å². The van der Waals surface area contributed by atoms with E-state index in [9.17, 15) is 29.7 Å². The van der Waals surface area contributed by atoms with Gasteiger partial charge in [0.15, 0.2) is 11.6 Å². The van der Waals surface area contributed by atoms with Gasteiger partial charge in [-0.2, -0.15) is 0 Å². The van der Waals surface area contributed by atoms with E-state index in [-0.39, 0.29) is 58.5 Å². The third-order valence-electron chi connectivity index (χ3n) is 9.32. The normalized spacial score (nSPS) is 37.6. The number of halogens is 1. The quantitative estimate of drug-likeness (QED) is 0.298. The molecule has 3 fully saturated rings. The van der Waals surface area contributed by atoms with Crippen LogP contribution in [0.15, 0.2) is 48.1 Å². The Hall–Kier alpha value is -0.880. The Morgan fingerprint density at radius 1 is 1.19 bits per heavy atom. The molecule has 4 aliphatic rings. The van der Waals surface area contributed by atoms with Gasteiger partial charge in [0.1, 0.15) is 12.2 Å². The van der Waals surface area contributed by atoms with Crippen molar-refractivity contribution >= 4 is 69.7 Å². The molecule has 37 heavy (non-hydrogen) atoms. The van der Waals surface area contributed by atoms with Crippen molar-refractivity contribution in [3.63, 3.8) is 0 Å². The number of aliphatic hydroxyl groups is 3. The van der Waals surface area contributed by atoms with Crippen molar-refractivity contribution in [1.29, 1.82) is 0 Å². The number of ketones is 2. The van der Waals surface area contributed by atoms with E-state index in [0.717, 1.165) is 28.4 Å². The van der Waals surface area contributed by atoms with E-state index in [0.29, 0.717) is 18.4 Å². The molecular weight excluding hydrogens is 598 g/mol. The first-order valence-corrected chi connectivity index (χ1v) is 13.4. The molecule has 4 aliphatic carbocycles. The Labute approximate surface area is 252 Å². The average Bonchev–Trinajstić information content (AvgIpc) is 3.10. The van der Waals surface area contributed by atoms with Crippen LogP contribution in [-0.4, -0.2) is 85.8 Å². The molecule has 1 aromatic carbocycles. The summed E-state index contributed by atoms with van der Waals surface area (Å²) in [4.78, 5) is 34.5. The molecule has 0 aromatic heterocycles. The van der Waals surface area contributed by atoms with Gasteiger partial charge < -0.3 is 20.4 Å². The molecule has 3 saturated carbocycles. The molecule has 0 aliphatic heterocycles. The third-order valence-corrected chi connectivity index (χ3v) is 10.00. The molecule has 196 valence electrons. The zero-order valence-corrected chi connectivity index (χ0v) is 22.6. The van der Waals surface area contributed by atoms with Crippen LogP contribution in [0.25, 0.3) is 0 Å². The predicted octanol–water partition coefficient (Wildman–Crippen LogP) is 2.90. The Bertz CT molecular complexity index is 1150. The minimum absolute atomic E-state index is 0. The molecule has 0 unspecified atom stereocenters. The SMILES string of the molecule is C[C@]12C=CC(=O)C=C1CC[C@@H]1[C@@H]2[C@@H](O)C[C@@]2(C)[C@H]1CC[C@]2(O)C(=O)CO.O=C(O)c1cccc(I)c1.[NaH]. The van der Waals surface area contributed by atoms with Crippen molar-refractivity contribution in [2.24, 2.45) is 28.6 Å². The number of carbonyl (C=O) groups is 3. The van der Waals surface area contributed by atoms with Gasteiger partial charge in [0.2, 0.25) is 0 Å². The molecule has 0 heterocycles. The second-order valence-corrected chi connectivity index (χ2v) is 12.3. The van der Waals surface area contributed by atoms with Crippen molar-refractivity contribution in [2.45, 2.75) is 57.7 Å². The second kappa shape index (κ2) is 11.3. The van der Waals surface area contributed by atoms with Gasteiger partial charge in [0, 0.05) is 20.3 Å². The molecule has 5 rings (SSSR count). The van der Waals surface area contributed by atoms with Gasteiger partial charge in [-0.3, -0.25) is 9.59 Å². The molecule has 0 spiro atoms. The standard InChI is InChI=1S/C21H28O5.C7H5IO2.Na.H/c1-19-7-5-13(23)9-12(19)3-4-14-15-6-8-21(26,17(25)11-22)20(15,2)10-16(24)18(14)19;8-6-3-1-2-5(4-6)7(9)10;;/h5,7,9,14-16,18,22,24,26H,3-4,6,8,10-11H2,1-2H3;1-4H,(H,9,10);;/t14-,15-,16-,18+,19-,20-,21-;;;/m0.../s1. The number of Topliss-reactive ketones (excluding diaryl/α,β-unsaturated/α-hetero) is 1. The summed E-state index contributed by atoms with van der Waals surface area (Å²) in [6.07, 6.45) is 7.68. The fraction of sp³-hybridized carbons (Fsp3) is 0.536. The maximum atomic E-state index is 12.4. The van der Waals surface area contributed by atoms with Gasteiger partial charge in [-0.25, -0.2) is 4.79 Å². The number of aliphatic hydroxyl groups excluding tert-OH is 2. The molecule has 0 radical (unpaired) electrons. The third kappa shape index (κ3) is 5.19. The van der Waals surface area contributed by atoms with E-state index < -0.39 is 35.5 Å². The molecule has 4 N–H and O–H groups in total. The molecule has 7 nitrogen and oxygen atoms in total. The number of fused-ring (bicyclic) bond motifs is 5. The number of allylic oxidation sites excluding steroid dienone is 4. The number of rotatable bonds is 3. The van der Waals surface area contributed by atoms with Crippen LogP contribution in [0, 0.1) is 32.2 Å². The Balaban J connectivity index is 0.000000293. The summed E-state index contributed by atoms with van der Waals surface area (Å²) in [6.45, 7) is 3.34. The van der Waals surface area contributed by atoms with E-state index in [1.807, 2.05) is 19.1 Å². The van der Waals surface area contributed by atoms with Crippen molar-refractivity contribution < 1.29 is 34.8 Å². The number of hydrogen-bond acceptors (Lipinski definition) is 6. The van der Waals surface area contributed by atoms with Crippen molar-refractivity contribution in [3.8, 4) is 0 Å². The molecule has 1 aromatic rings. The van der Waals surface area contributed by atoms with Crippen LogP contribution in [0.2, 0.25) is 0 Å². The molecule has 0 bridgehead atoms. The first-order chi connectivity index (χ1) is 16.9. The number of carboxylic acids is 1. The molecule has 7 atom stereocenters. The van der Waals surface area contributed by atoms with Crippen LogP contribution in [0.4, 0.5) is 0 Å². The summed E-state index contributed by atoms with van der Waals surface area (Å²) >= 11 is 2.08. The first kappa shape index (κ1) is 30.7. The Morgan fingerprint density at radius 3 is 2.49 bits per heavy atom. The Morgan fingerprint density at radius 2 is 1.89 bits per heavy atom. The van der Waals surface area contributed by atoms with Crippen molar-refractivity contribution in [2.75, 3.05) is 6.61 Å². The van der Waals surface area contributed by atoms with E-state index in [4.69, 9.17) is 5.11 Å². The van der Waals surface area contributed by atoms with Gasteiger partial charge in [-0.1, -0.05) is 31.6 Å². The van der Waals surface area contributed by atoms with Crippen LogP contribution in [0.3, 0.4) is 0 Å². The fourth-order valence-corrected chi connectivity index (χ4v) is 8.08. The van der Waals surface area contributed by atoms with Crippen molar-refractivity contribution in [3.05, 3.63) is 57.2 Å². The number of hydrogen-bond donors (Lipinski definition) is 4. The molecule has 0 amide bonds. The van der Waals surface area contributed by atoms with Crippen molar-refractivity contribution in [1.82, 2.24) is 0 Å². The summed E-state index contributed by atoms with van der Waals surface area (Å²) in [5.74, 6) is -1.10. The van der Waals surface area contributed by atoms with E-state index in [2.05, 4.69) is 29.5 Å². The van der Waals surface area contributed by atoms with Gasteiger partial charge in [0.25, 0.3) is 0 Å². The van der Waals surface area contributed by atoms with Crippen LogP contribution < -0.4 is 0 Å². The first-order valence-electron chi connectivity index (χ1n) is 12.3. The maximum absolute atomic E-state index is 12.4. The van der Waals surface area contributed by atoms with Gasteiger partial charge >= 0.3 is 35.5 Å². The van der Waals surface area contributed by atoms with Crippen LogP contribution >= 0.6 is 22.6 Å². The second-order valence-electron chi connectivity index (χ2n) is 11.0. The Kier molecular flexibility index (Phi) is 9.37. The molecule has 0 saturated heterocycles. The summed E-state index contributed by atoms with van der Waals surface area (Å²) in [5.41, 5.74) is -1.20. The van der Waals surface area contributed by atoms with Gasteiger partial charge in [-0.05, 0) is 96.9 Å². The predicted molar refractivity (Wildman–Crippen MR) is 148 cm³/mol. The number of carbonyl (C=O) groups excluding carboxylic acids is 2. The minimum atomic E-state index is -1.56. The zero-order valence-electron chi connectivity index (χ0n) is 20.5. The molecule has 9 heteroatoms. The number of benzene rings is 1. The number of aromatic carboxylic acids is 1. The van der Waals surface area contributed by atoms with Gasteiger partial charge in [0.05, 0.1) is 11.7 Å². The monoisotopic (exact) mass is 632 g/mol. The molecular formula is C28H34INaO7. The van der Waals surface area contributed by atoms with Crippen LogP contribution in [-0.2, 0) is 9.59 Å². The summed E-state index contributed by atoms with van der Waals surface area (Å²) in [5, 5.41) is 40.2. The summed E-state index contributed by atoms with van der Waals surface area (Å²) in [6, 6.07) is 6.78.